The molecule has 0 aliphatic rings. The second kappa shape index (κ2) is 4.66. The first-order valence-electron chi connectivity index (χ1n) is 5.17. The number of nitrogens with zero attached hydrogens (tertiary/aromatic N) is 2. The number of aromatic nitrogens is 2. The maximum atomic E-state index is 11.4. The Balaban J connectivity index is 2.57. The van der Waals surface area contributed by atoms with E-state index in [1.165, 1.54) is 6.92 Å². The Morgan fingerprint density at radius 2 is 2.11 bits per heavy atom. The van der Waals surface area contributed by atoms with Crippen LogP contribution in [0.4, 0.5) is 0 Å². The molecule has 2 aromatic heterocycles. The Morgan fingerprint density at radius 1 is 1.39 bits per heavy atom. The first-order valence-corrected chi connectivity index (χ1v) is 5.98. The van der Waals surface area contributed by atoms with Crippen molar-refractivity contribution >= 4 is 23.1 Å². The van der Waals surface area contributed by atoms with E-state index in [1.54, 1.807) is 12.3 Å². The molecular weight excluding hydrogens is 252 g/mol. The molecule has 2 rings (SSSR count). The van der Waals surface area contributed by atoms with Crippen molar-refractivity contribution in [3.63, 3.8) is 0 Å². The quantitative estimate of drug-likeness (QED) is 0.859. The third-order valence-electron chi connectivity index (χ3n) is 2.28. The van der Waals surface area contributed by atoms with E-state index in [0.717, 1.165) is 16.9 Å². The highest BCUT2D eigenvalue weighted by Gasteiger charge is 2.21. The molecule has 0 saturated heterocycles. The lowest BCUT2D eigenvalue weighted by Gasteiger charge is -1.95. The van der Waals surface area contributed by atoms with E-state index in [-0.39, 0.29) is 16.4 Å². The van der Waals surface area contributed by atoms with Gasteiger partial charge in [0.2, 0.25) is 0 Å². The Labute approximate surface area is 107 Å². The average molecular weight is 262 g/mol. The van der Waals surface area contributed by atoms with Gasteiger partial charge in [-0.3, -0.25) is 9.78 Å². The number of hydrogen-bond acceptors (Lipinski definition) is 5. The zero-order valence-electron chi connectivity index (χ0n) is 9.80. The number of ketones is 1. The van der Waals surface area contributed by atoms with Gasteiger partial charge in [-0.1, -0.05) is 0 Å². The normalized spacial score (nSPS) is 10.3. The summed E-state index contributed by atoms with van der Waals surface area (Å²) in [7, 11) is 0. The zero-order valence-corrected chi connectivity index (χ0v) is 10.6. The number of carbonyl (C=O) groups excluding carboxylic acids is 1. The van der Waals surface area contributed by atoms with Crippen molar-refractivity contribution in [1.29, 1.82) is 0 Å². The number of aromatic carboxylic acids is 1. The highest BCUT2D eigenvalue weighted by molar-refractivity contribution is 7.17. The van der Waals surface area contributed by atoms with E-state index in [2.05, 4.69) is 9.97 Å². The monoisotopic (exact) mass is 262 g/mol. The molecule has 92 valence electrons. The summed E-state index contributed by atoms with van der Waals surface area (Å²) in [6, 6.07) is 3.63. The molecule has 2 heterocycles. The predicted molar refractivity (Wildman–Crippen MR) is 67.0 cm³/mol. The fourth-order valence-electron chi connectivity index (χ4n) is 1.47. The number of carboxylic acids is 1. The van der Waals surface area contributed by atoms with Crippen molar-refractivity contribution in [2.24, 2.45) is 0 Å². The number of carboxylic acid groups (broad SMARTS) is 1. The summed E-state index contributed by atoms with van der Waals surface area (Å²) < 4.78 is 0. The van der Waals surface area contributed by atoms with Crippen LogP contribution >= 0.6 is 11.3 Å². The van der Waals surface area contributed by atoms with Crippen LogP contribution < -0.4 is 0 Å². The molecule has 0 amide bonds. The Morgan fingerprint density at radius 3 is 2.61 bits per heavy atom. The maximum absolute atomic E-state index is 11.4. The number of pyridine rings is 1. The van der Waals surface area contributed by atoms with Crippen LogP contribution in [-0.4, -0.2) is 26.8 Å². The number of Topliss-reactive ketones (excluding diaryl/α,β-unsaturated/α-hetero) is 1. The summed E-state index contributed by atoms with van der Waals surface area (Å²) in [6.45, 7) is 3.23. The first kappa shape index (κ1) is 12.4. The van der Waals surface area contributed by atoms with Gasteiger partial charge < -0.3 is 5.11 Å². The van der Waals surface area contributed by atoms with Gasteiger partial charge in [-0.15, -0.1) is 11.3 Å². The number of aryl methyl sites for hydroxylation is 1. The van der Waals surface area contributed by atoms with Gasteiger partial charge in [0.05, 0.1) is 5.69 Å². The topological polar surface area (TPSA) is 80.2 Å². The van der Waals surface area contributed by atoms with E-state index in [0.29, 0.717) is 10.7 Å². The van der Waals surface area contributed by atoms with Crippen molar-refractivity contribution in [2.45, 2.75) is 13.8 Å². The van der Waals surface area contributed by atoms with Gasteiger partial charge in [-0.05, 0) is 24.6 Å². The molecule has 0 atom stereocenters. The molecule has 0 saturated carbocycles. The van der Waals surface area contributed by atoms with E-state index in [1.807, 2.05) is 13.0 Å². The molecule has 0 aromatic carbocycles. The fraction of sp³-hybridized carbons (Fsp3) is 0.167. The average Bonchev–Trinajstić information content (AvgIpc) is 2.73. The second-order valence-corrected chi connectivity index (χ2v) is 4.78. The van der Waals surface area contributed by atoms with Gasteiger partial charge in [-0.2, -0.15) is 0 Å². The van der Waals surface area contributed by atoms with Crippen molar-refractivity contribution < 1.29 is 14.7 Å². The van der Waals surface area contributed by atoms with Crippen LogP contribution in [0.2, 0.25) is 0 Å². The summed E-state index contributed by atoms with van der Waals surface area (Å²) in [4.78, 5) is 30.6. The summed E-state index contributed by atoms with van der Waals surface area (Å²) in [5.74, 6) is -1.50. The number of thiazole rings is 1. The third kappa shape index (κ3) is 2.28. The van der Waals surface area contributed by atoms with E-state index in [9.17, 15) is 9.59 Å². The van der Waals surface area contributed by atoms with E-state index in [4.69, 9.17) is 5.11 Å². The van der Waals surface area contributed by atoms with Crippen molar-refractivity contribution in [3.05, 3.63) is 34.5 Å². The molecule has 0 spiro atoms. The number of hydrogen-bond donors (Lipinski definition) is 1. The van der Waals surface area contributed by atoms with Gasteiger partial charge in [0.25, 0.3) is 0 Å². The van der Waals surface area contributed by atoms with Gasteiger partial charge in [0, 0.05) is 13.1 Å². The van der Waals surface area contributed by atoms with Crippen LogP contribution in [0.25, 0.3) is 10.7 Å². The second-order valence-electron chi connectivity index (χ2n) is 3.78. The Bertz CT molecular complexity index is 603. The summed E-state index contributed by atoms with van der Waals surface area (Å²) >= 11 is 1.05. The first-order chi connectivity index (χ1) is 8.49. The smallest absolute Gasteiger partial charge is 0.356 e. The van der Waals surface area contributed by atoms with Crippen LogP contribution in [0.15, 0.2) is 18.3 Å². The van der Waals surface area contributed by atoms with Gasteiger partial charge in [-0.25, -0.2) is 9.78 Å². The minimum Gasteiger partial charge on any atom is -0.476 e. The molecule has 5 nitrogen and oxygen atoms in total. The molecule has 0 bridgehead atoms. The summed E-state index contributed by atoms with van der Waals surface area (Å²) in [6.07, 6.45) is 1.62. The van der Waals surface area contributed by atoms with Crippen molar-refractivity contribution in [2.75, 3.05) is 0 Å². The molecule has 1 N–H and O–H groups in total. The van der Waals surface area contributed by atoms with Crippen molar-refractivity contribution in [3.8, 4) is 10.7 Å². The molecular formula is C12H10N2O3S. The highest BCUT2D eigenvalue weighted by Crippen LogP contribution is 2.27. The summed E-state index contributed by atoms with van der Waals surface area (Å²) in [5.41, 5.74) is 1.37. The third-order valence-corrected chi connectivity index (χ3v) is 3.46. The molecule has 0 fully saturated rings. The minimum atomic E-state index is -1.20. The van der Waals surface area contributed by atoms with Crippen LogP contribution in [0.3, 0.4) is 0 Å². The van der Waals surface area contributed by atoms with Gasteiger partial charge in [0.1, 0.15) is 9.88 Å². The number of rotatable bonds is 3. The Hall–Kier alpha value is -2.08. The van der Waals surface area contributed by atoms with Crippen LogP contribution in [0.1, 0.15) is 32.6 Å². The predicted octanol–water partition coefficient (Wildman–Crippen LogP) is 2.41. The molecule has 0 unspecified atom stereocenters. The molecule has 0 aliphatic carbocycles. The van der Waals surface area contributed by atoms with Gasteiger partial charge >= 0.3 is 5.97 Å². The zero-order chi connectivity index (χ0) is 13.3. The molecule has 18 heavy (non-hydrogen) atoms. The summed E-state index contributed by atoms with van der Waals surface area (Å²) in [5, 5.41) is 9.45. The molecule has 6 heteroatoms. The largest absolute Gasteiger partial charge is 0.476 e. The minimum absolute atomic E-state index is 0.154. The van der Waals surface area contributed by atoms with Crippen LogP contribution in [0.5, 0.6) is 0 Å². The number of carbonyl (C=O) groups is 2. The highest BCUT2D eigenvalue weighted by atomic mass is 32.1. The van der Waals surface area contributed by atoms with Gasteiger partial charge in [0.15, 0.2) is 11.5 Å². The standard InChI is InChI=1S/C12H10N2O3S/c1-6-3-4-13-8(5-6)11-14-9(12(16)17)10(18-11)7(2)15/h3-5H,1-2H3,(H,16,17). The van der Waals surface area contributed by atoms with Crippen molar-refractivity contribution in [1.82, 2.24) is 9.97 Å². The van der Waals surface area contributed by atoms with Crippen LogP contribution in [0, 0.1) is 6.92 Å². The lowest BCUT2D eigenvalue weighted by Crippen LogP contribution is -2.03. The van der Waals surface area contributed by atoms with Crippen LogP contribution in [-0.2, 0) is 0 Å². The SMILES string of the molecule is CC(=O)c1sc(-c2cc(C)ccn2)nc1C(=O)O. The molecule has 2 aromatic rings. The lowest BCUT2D eigenvalue weighted by atomic mass is 10.2. The lowest BCUT2D eigenvalue weighted by molar-refractivity contribution is 0.0687. The maximum Gasteiger partial charge on any atom is 0.356 e. The fourth-order valence-corrected chi connectivity index (χ4v) is 2.39. The van der Waals surface area contributed by atoms with E-state index < -0.39 is 5.97 Å². The Kier molecular flexibility index (Phi) is 3.20. The van der Waals surface area contributed by atoms with E-state index >= 15 is 0 Å². The molecule has 0 aliphatic heterocycles. The molecule has 0 radical (unpaired) electrons.